The van der Waals surface area contributed by atoms with E-state index in [0.29, 0.717) is 5.56 Å². The van der Waals surface area contributed by atoms with E-state index in [1.54, 1.807) is 20.0 Å². The summed E-state index contributed by atoms with van der Waals surface area (Å²) >= 11 is 0. The lowest BCUT2D eigenvalue weighted by atomic mass is 10.0. The average Bonchev–Trinajstić information content (AvgIpc) is 2.43. The van der Waals surface area contributed by atoms with E-state index < -0.39 is 36.2 Å². The Morgan fingerprint density at radius 1 is 1.36 bits per heavy atom. The molecular formula is C14H17F3N2O3. The second-order valence-corrected chi connectivity index (χ2v) is 4.88. The van der Waals surface area contributed by atoms with Gasteiger partial charge in [-0.15, -0.1) is 0 Å². The number of hydrogen-bond acceptors (Lipinski definition) is 3. The molecule has 22 heavy (non-hydrogen) atoms. The summed E-state index contributed by atoms with van der Waals surface area (Å²) in [5, 5.41) is 10.7. The van der Waals surface area contributed by atoms with Crippen molar-refractivity contribution >= 4 is 11.9 Å². The van der Waals surface area contributed by atoms with Gasteiger partial charge in [-0.1, -0.05) is 12.1 Å². The molecule has 0 aliphatic rings. The number of carboxylic acids is 1. The molecule has 0 aliphatic heterocycles. The third-order valence-corrected chi connectivity index (χ3v) is 3.19. The number of alkyl halides is 3. The molecule has 8 heteroatoms. The van der Waals surface area contributed by atoms with E-state index in [0.717, 1.165) is 12.1 Å². The highest BCUT2D eigenvalue weighted by Crippen LogP contribution is 2.31. The van der Waals surface area contributed by atoms with E-state index in [2.05, 4.69) is 5.32 Å². The number of nitrogens with one attached hydrogen (secondary N) is 1. The van der Waals surface area contributed by atoms with Crippen LogP contribution in [0.25, 0.3) is 0 Å². The Bertz CT molecular complexity index is 546. The van der Waals surface area contributed by atoms with E-state index in [1.165, 1.54) is 11.0 Å². The van der Waals surface area contributed by atoms with E-state index >= 15 is 0 Å². The number of carbonyl (C=O) groups is 2. The van der Waals surface area contributed by atoms with Crippen LogP contribution in [0.3, 0.4) is 0 Å². The lowest BCUT2D eigenvalue weighted by Crippen LogP contribution is -2.38. The molecule has 1 atom stereocenters. The summed E-state index contributed by atoms with van der Waals surface area (Å²) in [5.41, 5.74) is -0.330. The number of benzene rings is 1. The van der Waals surface area contributed by atoms with Gasteiger partial charge in [0.15, 0.2) is 0 Å². The third kappa shape index (κ3) is 5.36. The summed E-state index contributed by atoms with van der Waals surface area (Å²) < 4.78 is 38.1. The Balaban J connectivity index is 2.72. The quantitative estimate of drug-likeness (QED) is 0.840. The van der Waals surface area contributed by atoms with E-state index in [4.69, 9.17) is 5.11 Å². The van der Waals surface area contributed by atoms with Crippen LogP contribution in [0.1, 0.15) is 24.1 Å². The van der Waals surface area contributed by atoms with Crippen molar-refractivity contribution in [3.63, 3.8) is 0 Å². The average molecular weight is 318 g/mol. The van der Waals surface area contributed by atoms with Crippen LogP contribution < -0.4 is 5.32 Å². The number of nitrogens with zero attached hydrogens (tertiary/aromatic N) is 1. The zero-order valence-corrected chi connectivity index (χ0v) is 12.1. The number of halogens is 3. The molecule has 122 valence electrons. The van der Waals surface area contributed by atoms with Gasteiger partial charge in [0.1, 0.15) is 6.54 Å². The first-order chi connectivity index (χ1) is 10.1. The summed E-state index contributed by atoms with van der Waals surface area (Å²) in [6, 6.07) is 4.45. The van der Waals surface area contributed by atoms with Gasteiger partial charge in [-0.05, 0) is 31.7 Å². The second-order valence-electron chi connectivity index (χ2n) is 4.88. The minimum Gasteiger partial charge on any atom is -0.480 e. The summed E-state index contributed by atoms with van der Waals surface area (Å²) in [4.78, 5) is 23.4. The fourth-order valence-electron chi connectivity index (χ4n) is 1.82. The minimum atomic E-state index is -4.42. The molecule has 0 aliphatic carbocycles. The van der Waals surface area contributed by atoms with Gasteiger partial charge in [0.25, 0.3) is 0 Å². The first-order valence-corrected chi connectivity index (χ1v) is 6.47. The molecule has 0 bridgehead atoms. The summed E-state index contributed by atoms with van der Waals surface area (Å²) in [5.74, 6) is -1.68. The van der Waals surface area contributed by atoms with Gasteiger partial charge >= 0.3 is 12.1 Å². The number of likely N-dealkylation sites (N-methyl/N-ethyl adjacent to an activating group) is 1. The van der Waals surface area contributed by atoms with E-state index in [-0.39, 0.29) is 6.54 Å². The monoisotopic (exact) mass is 318 g/mol. The molecule has 0 saturated heterocycles. The van der Waals surface area contributed by atoms with Gasteiger partial charge < -0.3 is 10.4 Å². The Labute approximate surface area is 125 Å². The SMILES string of the molecule is CC(c1cccc(C(F)(F)F)c1)N(C)CC(=O)NCC(=O)O. The van der Waals surface area contributed by atoms with Crippen molar-refractivity contribution in [3.05, 3.63) is 35.4 Å². The van der Waals surface area contributed by atoms with Gasteiger partial charge in [0.2, 0.25) is 5.91 Å². The number of carbonyl (C=O) groups excluding carboxylic acids is 1. The van der Waals surface area contributed by atoms with Crippen LogP contribution in [-0.4, -0.2) is 42.0 Å². The number of aliphatic carboxylic acids is 1. The van der Waals surface area contributed by atoms with Crippen molar-refractivity contribution in [2.75, 3.05) is 20.1 Å². The molecule has 1 aromatic rings. The number of hydrogen-bond donors (Lipinski definition) is 2. The second kappa shape index (κ2) is 7.26. The fraction of sp³-hybridized carbons (Fsp3) is 0.429. The van der Waals surface area contributed by atoms with Gasteiger partial charge in [-0.25, -0.2) is 0 Å². The normalized spacial score (nSPS) is 13.0. The van der Waals surface area contributed by atoms with Crippen molar-refractivity contribution in [3.8, 4) is 0 Å². The summed E-state index contributed by atoms with van der Waals surface area (Å²) in [7, 11) is 1.57. The van der Waals surface area contributed by atoms with Crippen LogP contribution in [0, 0.1) is 0 Å². The van der Waals surface area contributed by atoms with E-state index in [9.17, 15) is 22.8 Å². The van der Waals surface area contributed by atoms with Crippen molar-refractivity contribution < 1.29 is 27.9 Å². The Morgan fingerprint density at radius 3 is 2.55 bits per heavy atom. The van der Waals surface area contributed by atoms with Crippen LogP contribution >= 0.6 is 0 Å². The zero-order valence-electron chi connectivity index (χ0n) is 12.1. The molecule has 1 aromatic carbocycles. The maximum Gasteiger partial charge on any atom is 0.416 e. The predicted octanol–water partition coefficient (Wildman–Crippen LogP) is 1.90. The molecule has 1 rings (SSSR count). The molecule has 0 aromatic heterocycles. The smallest absolute Gasteiger partial charge is 0.416 e. The van der Waals surface area contributed by atoms with Crippen molar-refractivity contribution in [1.29, 1.82) is 0 Å². The molecule has 2 N–H and O–H groups in total. The molecule has 0 spiro atoms. The lowest BCUT2D eigenvalue weighted by molar-refractivity contribution is -0.138. The molecule has 1 amide bonds. The molecule has 1 unspecified atom stereocenters. The predicted molar refractivity (Wildman–Crippen MR) is 73.1 cm³/mol. The number of carboxylic acid groups (broad SMARTS) is 1. The number of amides is 1. The van der Waals surface area contributed by atoms with Crippen LogP contribution in [0.4, 0.5) is 13.2 Å². The summed E-state index contributed by atoms with van der Waals surface area (Å²) in [6.07, 6.45) is -4.42. The molecule has 0 heterocycles. The highest BCUT2D eigenvalue weighted by Gasteiger charge is 2.31. The molecular weight excluding hydrogens is 301 g/mol. The van der Waals surface area contributed by atoms with Gasteiger partial charge in [-0.2, -0.15) is 13.2 Å². The van der Waals surface area contributed by atoms with Crippen LogP contribution in [0.15, 0.2) is 24.3 Å². The topological polar surface area (TPSA) is 69.6 Å². The lowest BCUT2D eigenvalue weighted by Gasteiger charge is -2.25. The van der Waals surface area contributed by atoms with Gasteiger partial charge in [0.05, 0.1) is 12.1 Å². The van der Waals surface area contributed by atoms with Crippen molar-refractivity contribution in [2.45, 2.75) is 19.1 Å². The molecule has 0 saturated carbocycles. The Morgan fingerprint density at radius 2 is 2.00 bits per heavy atom. The van der Waals surface area contributed by atoms with Gasteiger partial charge in [-0.3, -0.25) is 14.5 Å². The standard InChI is InChI=1S/C14H17F3N2O3/c1-9(19(2)8-12(20)18-7-13(21)22)10-4-3-5-11(6-10)14(15,16)17/h3-6,9H,7-8H2,1-2H3,(H,18,20)(H,21,22). The van der Waals surface area contributed by atoms with Crippen LogP contribution in [0.5, 0.6) is 0 Å². The first-order valence-electron chi connectivity index (χ1n) is 6.47. The van der Waals surface area contributed by atoms with Crippen LogP contribution in [-0.2, 0) is 15.8 Å². The maximum atomic E-state index is 12.7. The first kappa shape index (κ1) is 18.0. The molecule has 0 radical (unpaired) electrons. The van der Waals surface area contributed by atoms with E-state index in [1.807, 2.05) is 0 Å². The molecule has 0 fully saturated rings. The van der Waals surface area contributed by atoms with Crippen molar-refractivity contribution in [2.24, 2.45) is 0 Å². The summed E-state index contributed by atoms with van der Waals surface area (Å²) in [6.45, 7) is 1.05. The third-order valence-electron chi connectivity index (χ3n) is 3.19. The largest absolute Gasteiger partial charge is 0.480 e. The van der Waals surface area contributed by atoms with Crippen molar-refractivity contribution in [1.82, 2.24) is 10.2 Å². The molecule has 5 nitrogen and oxygen atoms in total. The van der Waals surface area contributed by atoms with Gasteiger partial charge in [0, 0.05) is 6.04 Å². The minimum absolute atomic E-state index is 0.120. The fourth-order valence-corrected chi connectivity index (χ4v) is 1.82. The Hall–Kier alpha value is -2.09. The highest BCUT2D eigenvalue weighted by atomic mass is 19.4. The Kier molecular flexibility index (Phi) is 5.92. The highest BCUT2D eigenvalue weighted by molar-refractivity contribution is 5.82. The zero-order chi connectivity index (χ0) is 16.9. The van der Waals surface area contributed by atoms with Crippen LogP contribution in [0.2, 0.25) is 0 Å². The maximum absolute atomic E-state index is 12.7. The number of rotatable bonds is 6.